The largest absolute Gasteiger partial charge is 0.462 e. The maximum absolute atomic E-state index is 13.0. The fourth-order valence-corrected chi connectivity index (χ4v) is 7.52. The number of hydrogen-bond acceptors (Lipinski definition) is 12. The maximum Gasteiger partial charge on any atom is 0.349 e. The molecule has 0 aromatic carbocycles. The number of likely N-dealkylation sites (tertiary alicyclic amines) is 2. The summed E-state index contributed by atoms with van der Waals surface area (Å²) in [7, 11) is 0. The van der Waals surface area contributed by atoms with Gasteiger partial charge in [-0.2, -0.15) is 10.5 Å². The number of unbranched alkanes of at least 4 members (excludes halogenated alkanes) is 3. The molecule has 4 rings (SSSR count). The minimum Gasteiger partial charge on any atom is -0.462 e. The number of nitro groups is 2. The molecule has 2 aliphatic carbocycles. The average Bonchev–Trinajstić information content (AvgIpc) is 3.77. The fraction of sp³-hybridized carbons (Fsp3) is 0.667. The highest BCUT2D eigenvalue weighted by molar-refractivity contribution is 5.95. The van der Waals surface area contributed by atoms with Gasteiger partial charge in [-0.25, -0.2) is 9.59 Å². The van der Waals surface area contributed by atoms with E-state index in [4.69, 9.17) is 9.47 Å². The zero-order valence-electron chi connectivity index (χ0n) is 29.7. The number of esters is 2. The number of carbonyl (C=O) groups is 2. The Morgan fingerprint density at radius 2 is 1.00 bits per heavy atom. The topological polar surface area (TPSA) is 193 Å². The molecule has 14 nitrogen and oxygen atoms in total. The molecule has 0 spiro atoms. The van der Waals surface area contributed by atoms with E-state index in [2.05, 4.69) is 0 Å². The Hall–Kier alpha value is -4.72. The third kappa shape index (κ3) is 9.09. The summed E-state index contributed by atoms with van der Waals surface area (Å²) in [6.45, 7) is 10.7. The Morgan fingerprint density at radius 3 is 1.30 bits per heavy atom. The smallest absolute Gasteiger partial charge is 0.349 e. The first-order valence-corrected chi connectivity index (χ1v) is 17.6. The highest BCUT2D eigenvalue weighted by Crippen LogP contribution is 2.46. The highest BCUT2D eigenvalue weighted by atomic mass is 16.6. The molecule has 0 aromatic heterocycles. The van der Waals surface area contributed by atoms with E-state index in [1.165, 1.54) is 0 Å². The molecule has 270 valence electrons. The number of carbonyl (C=O) groups excluding carboxylic acids is 2. The van der Waals surface area contributed by atoms with Crippen LogP contribution >= 0.6 is 0 Å². The van der Waals surface area contributed by atoms with Crippen LogP contribution in [0.3, 0.4) is 0 Å². The number of hydrogen-bond donors (Lipinski definition) is 0. The summed E-state index contributed by atoms with van der Waals surface area (Å²) >= 11 is 0. The molecule has 2 saturated heterocycles. The summed E-state index contributed by atoms with van der Waals surface area (Å²) in [5.74, 6) is -1.76. The zero-order valence-corrected chi connectivity index (χ0v) is 29.7. The van der Waals surface area contributed by atoms with Crippen LogP contribution < -0.4 is 0 Å². The fourth-order valence-electron chi connectivity index (χ4n) is 7.52. The average molecular weight is 693 g/mol. The molecule has 0 unspecified atom stereocenters. The van der Waals surface area contributed by atoms with Gasteiger partial charge in [0, 0.05) is 26.2 Å². The van der Waals surface area contributed by atoms with Crippen molar-refractivity contribution in [3.63, 3.8) is 0 Å². The third-order valence-corrected chi connectivity index (χ3v) is 9.80. The van der Waals surface area contributed by atoms with Crippen molar-refractivity contribution in [1.29, 1.82) is 10.5 Å². The number of allylic oxidation sites excluding steroid dienone is 4. The summed E-state index contributed by atoms with van der Waals surface area (Å²) in [5.41, 5.74) is -0.346. The van der Waals surface area contributed by atoms with Crippen LogP contribution in [0.15, 0.2) is 45.1 Å². The van der Waals surface area contributed by atoms with Crippen molar-refractivity contribution >= 4 is 11.9 Å². The van der Waals surface area contributed by atoms with Gasteiger partial charge in [0.25, 0.3) is 11.4 Å². The Kier molecular flexibility index (Phi) is 12.4. The van der Waals surface area contributed by atoms with Gasteiger partial charge in [0.15, 0.2) is 0 Å². The lowest BCUT2D eigenvalue weighted by Gasteiger charge is -2.35. The van der Waals surface area contributed by atoms with Gasteiger partial charge in [-0.05, 0) is 87.9 Å². The Labute approximate surface area is 293 Å². The summed E-state index contributed by atoms with van der Waals surface area (Å²) in [6, 6.07) is 3.76. The lowest BCUT2D eigenvalue weighted by Crippen LogP contribution is -2.33. The van der Waals surface area contributed by atoms with Crippen molar-refractivity contribution in [2.24, 2.45) is 10.8 Å². The molecule has 4 aliphatic rings. The number of nitriles is 2. The van der Waals surface area contributed by atoms with Crippen molar-refractivity contribution in [3.05, 3.63) is 65.3 Å². The molecule has 0 N–H and O–H groups in total. The summed E-state index contributed by atoms with van der Waals surface area (Å²) in [5, 5.41) is 44.3. The lowest BCUT2D eigenvalue weighted by atomic mass is 9.74. The van der Waals surface area contributed by atoms with Crippen LogP contribution in [0.5, 0.6) is 0 Å². The molecule has 0 radical (unpaired) electrons. The van der Waals surface area contributed by atoms with Gasteiger partial charge in [-0.1, -0.05) is 27.7 Å². The van der Waals surface area contributed by atoms with Gasteiger partial charge >= 0.3 is 11.9 Å². The first-order valence-electron chi connectivity index (χ1n) is 17.6. The predicted molar refractivity (Wildman–Crippen MR) is 181 cm³/mol. The Bertz CT molecular complexity index is 1480. The van der Waals surface area contributed by atoms with Crippen LogP contribution in [0.25, 0.3) is 0 Å². The molecule has 0 amide bonds. The molecule has 2 heterocycles. The summed E-state index contributed by atoms with van der Waals surface area (Å²) < 4.78 is 10.8. The summed E-state index contributed by atoms with van der Waals surface area (Å²) in [4.78, 5) is 53.5. The SMILES string of the molecule is CC1(C)CC(N2CCCC2)=C([N+](=O)[O-])/C(=C(\C#N)C(=O)OCCCCCCOC(=O)/C(C#N)=C2\CC(C)(C)CC(N3CCCC3)=C2[N+](=O)[O-])C1. The molecule has 14 heteroatoms. The normalized spacial score (nSPS) is 22.1. The maximum atomic E-state index is 13.0. The van der Waals surface area contributed by atoms with Gasteiger partial charge in [-0.3, -0.25) is 20.2 Å². The lowest BCUT2D eigenvalue weighted by molar-refractivity contribution is -0.424. The molecule has 50 heavy (non-hydrogen) atoms. The van der Waals surface area contributed by atoms with Crippen molar-refractivity contribution in [2.45, 2.75) is 105 Å². The van der Waals surface area contributed by atoms with E-state index >= 15 is 0 Å². The second-order valence-corrected chi connectivity index (χ2v) is 15.1. The molecule has 2 aliphatic heterocycles. The molecule has 0 atom stereocenters. The van der Waals surface area contributed by atoms with Crippen molar-refractivity contribution in [3.8, 4) is 12.1 Å². The van der Waals surface area contributed by atoms with Crippen molar-refractivity contribution in [2.75, 3.05) is 39.4 Å². The van der Waals surface area contributed by atoms with E-state index in [-0.39, 0.29) is 70.6 Å². The van der Waals surface area contributed by atoms with E-state index < -0.39 is 21.8 Å². The van der Waals surface area contributed by atoms with Crippen LogP contribution in [0, 0.1) is 53.7 Å². The van der Waals surface area contributed by atoms with Crippen molar-refractivity contribution < 1.29 is 28.9 Å². The van der Waals surface area contributed by atoms with Gasteiger partial charge in [-0.15, -0.1) is 0 Å². The molecular formula is C36H48N6O8. The van der Waals surface area contributed by atoms with E-state index in [0.29, 0.717) is 76.1 Å². The van der Waals surface area contributed by atoms with E-state index in [0.717, 1.165) is 25.7 Å². The number of rotatable bonds is 13. The van der Waals surface area contributed by atoms with E-state index in [1.54, 1.807) is 0 Å². The second-order valence-electron chi connectivity index (χ2n) is 15.1. The molecule has 0 aromatic rings. The monoisotopic (exact) mass is 692 g/mol. The first-order chi connectivity index (χ1) is 23.7. The van der Waals surface area contributed by atoms with E-state index in [1.807, 2.05) is 49.6 Å². The minimum absolute atomic E-state index is 0.00673. The molecule has 2 fully saturated rings. The van der Waals surface area contributed by atoms with Crippen molar-refractivity contribution in [1.82, 2.24) is 9.80 Å². The van der Waals surface area contributed by atoms with Crippen LogP contribution in [-0.2, 0) is 19.1 Å². The molecule has 0 bridgehead atoms. The van der Waals surface area contributed by atoms with Crippen LogP contribution in [0.4, 0.5) is 0 Å². The number of nitrogens with zero attached hydrogens (tertiary/aromatic N) is 6. The van der Waals surface area contributed by atoms with Crippen LogP contribution in [0.1, 0.15) is 105 Å². The standard InChI is InChI=1S/C36H48N6O8/c1-35(2)19-25(31(41(45)46)29(21-35)39-13-7-8-14-39)27(23-37)33(43)49-17-11-5-6-12-18-50-34(44)28(24-38)26-20-36(3,4)22-30(32(26)42(47)48)40-15-9-10-16-40/h5-22H2,1-4H3/b27-25+,28-26+. The predicted octanol–water partition coefficient (Wildman–Crippen LogP) is 6.08. The molecule has 0 saturated carbocycles. The first kappa shape index (κ1) is 38.1. The van der Waals surface area contributed by atoms with Crippen LogP contribution in [0.2, 0.25) is 0 Å². The Balaban J connectivity index is 1.32. The van der Waals surface area contributed by atoms with Gasteiger partial charge in [0.2, 0.25) is 0 Å². The summed E-state index contributed by atoms with van der Waals surface area (Å²) in [6.07, 6.45) is 7.24. The number of ether oxygens (including phenoxy) is 2. The second kappa shape index (κ2) is 16.3. The minimum atomic E-state index is -0.881. The highest BCUT2D eigenvalue weighted by Gasteiger charge is 2.44. The van der Waals surface area contributed by atoms with Crippen LogP contribution in [-0.4, -0.2) is 71.0 Å². The van der Waals surface area contributed by atoms with Gasteiger partial charge < -0.3 is 19.3 Å². The third-order valence-electron chi connectivity index (χ3n) is 9.80. The van der Waals surface area contributed by atoms with Gasteiger partial charge in [0.05, 0.1) is 45.6 Å². The Morgan fingerprint density at radius 1 is 0.660 bits per heavy atom. The van der Waals surface area contributed by atoms with E-state index in [9.17, 15) is 40.3 Å². The quantitative estimate of drug-likeness (QED) is 0.0540. The van der Waals surface area contributed by atoms with Gasteiger partial charge in [0.1, 0.15) is 23.3 Å². The zero-order chi connectivity index (χ0) is 36.6. The molecular weight excluding hydrogens is 644 g/mol.